The minimum absolute atomic E-state index is 0.00591. The zero-order chi connectivity index (χ0) is 17.0. The predicted octanol–water partition coefficient (Wildman–Crippen LogP) is 1.67. The Morgan fingerprint density at radius 3 is 2.04 bits per heavy atom. The van der Waals surface area contributed by atoms with Crippen LogP contribution in [0, 0.1) is 0 Å². The summed E-state index contributed by atoms with van der Waals surface area (Å²) in [5, 5.41) is 8.92. The van der Waals surface area contributed by atoms with Crippen molar-refractivity contribution in [3.8, 4) is 0 Å². The maximum atomic E-state index is 12.4. The molecule has 1 aliphatic heterocycles. The van der Waals surface area contributed by atoms with Crippen LogP contribution in [0.4, 0.5) is 4.79 Å². The molecule has 0 unspecified atom stereocenters. The van der Waals surface area contributed by atoms with E-state index in [-0.39, 0.29) is 16.8 Å². The third kappa shape index (κ3) is 3.82. The summed E-state index contributed by atoms with van der Waals surface area (Å²) in [5.74, 6) is -1.19. The topological polar surface area (TPSA) is 81.2 Å². The molecule has 2 heterocycles. The molecule has 1 aromatic heterocycles. The van der Waals surface area contributed by atoms with Gasteiger partial charge in [0.1, 0.15) is 4.88 Å². The molecular formula is C15H21N3O4S. The summed E-state index contributed by atoms with van der Waals surface area (Å²) in [7, 11) is 0. The molecule has 8 heteroatoms. The molecule has 23 heavy (non-hydrogen) atoms. The SMILES string of the molecule is CCN(CC)C(=O)N1CCN(C(=O)c2ccc(C(=O)O)s2)CC1. The highest BCUT2D eigenvalue weighted by Gasteiger charge is 2.27. The molecule has 0 bridgehead atoms. The highest BCUT2D eigenvalue weighted by Crippen LogP contribution is 2.19. The van der Waals surface area contributed by atoms with Crippen molar-refractivity contribution in [2.75, 3.05) is 39.3 Å². The second kappa shape index (κ2) is 7.45. The van der Waals surface area contributed by atoms with Crippen molar-refractivity contribution in [3.05, 3.63) is 21.9 Å². The van der Waals surface area contributed by atoms with Crippen LogP contribution in [0.5, 0.6) is 0 Å². The van der Waals surface area contributed by atoms with Crippen molar-refractivity contribution in [3.63, 3.8) is 0 Å². The van der Waals surface area contributed by atoms with Gasteiger partial charge in [-0.15, -0.1) is 11.3 Å². The number of carbonyl (C=O) groups is 3. The van der Waals surface area contributed by atoms with Crippen LogP contribution in [0.15, 0.2) is 12.1 Å². The average Bonchev–Trinajstić information content (AvgIpc) is 3.05. The van der Waals surface area contributed by atoms with Gasteiger partial charge in [-0.2, -0.15) is 0 Å². The second-order valence-corrected chi connectivity index (χ2v) is 6.29. The Morgan fingerprint density at radius 1 is 1.04 bits per heavy atom. The van der Waals surface area contributed by atoms with Crippen molar-refractivity contribution in [2.45, 2.75) is 13.8 Å². The van der Waals surface area contributed by atoms with Crippen LogP contribution in [-0.2, 0) is 0 Å². The molecule has 0 saturated carbocycles. The normalized spacial score (nSPS) is 14.7. The van der Waals surface area contributed by atoms with E-state index >= 15 is 0 Å². The molecule has 1 aromatic rings. The zero-order valence-electron chi connectivity index (χ0n) is 13.3. The lowest BCUT2D eigenvalue weighted by atomic mass is 10.3. The number of carbonyl (C=O) groups excluding carboxylic acids is 2. The molecule has 1 saturated heterocycles. The van der Waals surface area contributed by atoms with E-state index in [2.05, 4.69) is 0 Å². The van der Waals surface area contributed by atoms with Crippen molar-refractivity contribution >= 4 is 29.2 Å². The maximum absolute atomic E-state index is 12.4. The highest BCUT2D eigenvalue weighted by atomic mass is 32.1. The van der Waals surface area contributed by atoms with E-state index in [4.69, 9.17) is 5.11 Å². The fraction of sp³-hybridized carbons (Fsp3) is 0.533. The molecule has 1 aliphatic rings. The van der Waals surface area contributed by atoms with Gasteiger partial charge in [-0.1, -0.05) is 0 Å². The van der Waals surface area contributed by atoms with Gasteiger partial charge in [0.25, 0.3) is 5.91 Å². The number of aromatic carboxylic acids is 1. The summed E-state index contributed by atoms with van der Waals surface area (Å²) in [6.07, 6.45) is 0. The van der Waals surface area contributed by atoms with Crippen LogP contribution in [0.25, 0.3) is 0 Å². The minimum atomic E-state index is -1.02. The average molecular weight is 339 g/mol. The lowest BCUT2D eigenvalue weighted by molar-refractivity contribution is 0.0646. The first-order chi connectivity index (χ1) is 11.0. The minimum Gasteiger partial charge on any atom is -0.477 e. The van der Waals surface area contributed by atoms with Crippen molar-refractivity contribution in [2.24, 2.45) is 0 Å². The van der Waals surface area contributed by atoms with Crippen LogP contribution >= 0.6 is 11.3 Å². The summed E-state index contributed by atoms with van der Waals surface area (Å²) in [6, 6.07) is 3.00. The summed E-state index contributed by atoms with van der Waals surface area (Å²) in [4.78, 5) is 41.3. The quantitative estimate of drug-likeness (QED) is 0.905. The molecule has 0 spiro atoms. The molecule has 3 amide bonds. The van der Waals surface area contributed by atoms with Crippen LogP contribution in [0.1, 0.15) is 33.2 Å². The van der Waals surface area contributed by atoms with Crippen molar-refractivity contribution in [1.82, 2.24) is 14.7 Å². The number of hydrogen-bond acceptors (Lipinski definition) is 4. The third-order valence-electron chi connectivity index (χ3n) is 3.90. The van der Waals surface area contributed by atoms with Crippen LogP contribution < -0.4 is 0 Å². The van der Waals surface area contributed by atoms with E-state index in [9.17, 15) is 14.4 Å². The molecular weight excluding hydrogens is 318 g/mol. The number of carboxylic acid groups (broad SMARTS) is 1. The van der Waals surface area contributed by atoms with E-state index in [1.165, 1.54) is 6.07 Å². The number of urea groups is 1. The standard InChI is InChI=1S/C15H21N3O4S/c1-3-16(4-2)15(22)18-9-7-17(8-10-18)13(19)11-5-6-12(23-11)14(20)21/h5-6H,3-4,7-10H2,1-2H3,(H,20,21). The fourth-order valence-electron chi connectivity index (χ4n) is 2.52. The van der Waals surface area contributed by atoms with Gasteiger partial charge in [-0.05, 0) is 26.0 Å². The van der Waals surface area contributed by atoms with Gasteiger partial charge >= 0.3 is 12.0 Å². The maximum Gasteiger partial charge on any atom is 0.345 e. The Kier molecular flexibility index (Phi) is 5.59. The molecule has 0 aromatic carbocycles. The lowest BCUT2D eigenvalue weighted by Crippen LogP contribution is -2.53. The van der Waals surface area contributed by atoms with Gasteiger partial charge < -0.3 is 19.8 Å². The van der Waals surface area contributed by atoms with Crippen LogP contribution in [0.2, 0.25) is 0 Å². The molecule has 0 atom stereocenters. The van der Waals surface area contributed by atoms with E-state index in [0.29, 0.717) is 44.1 Å². The van der Waals surface area contributed by atoms with Gasteiger partial charge in [0.15, 0.2) is 0 Å². The summed E-state index contributed by atoms with van der Waals surface area (Å²) in [5.41, 5.74) is 0. The Morgan fingerprint density at radius 2 is 1.57 bits per heavy atom. The van der Waals surface area contributed by atoms with E-state index in [1.807, 2.05) is 13.8 Å². The molecule has 7 nitrogen and oxygen atoms in total. The van der Waals surface area contributed by atoms with E-state index in [0.717, 1.165) is 11.3 Å². The number of rotatable bonds is 4. The highest BCUT2D eigenvalue weighted by molar-refractivity contribution is 7.15. The zero-order valence-corrected chi connectivity index (χ0v) is 14.1. The third-order valence-corrected chi connectivity index (χ3v) is 4.96. The van der Waals surface area contributed by atoms with Gasteiger partial charge in [0.2, 0.25) is 0 Å². The molecule has 0 aliphatic carbocycles. The number of carboxylic acids is 1. The Hall–Kier alpha value is -2.09. The van der Waals surface area contributed by atoms with Crippen molar-refractivity contribution in [1.29, 1.82) is 0 Å². The van der Waals surface area contributed by atoms with Crippen LogP contribution in [0.3, 0.4) is 0 Å². The Bertz CT molecular complexity index is 589. The van der Waals surface area contributed by atoms with Gasteiger partial charge in [0, 0.05) is 39.3 Å². The number of piperazine rings is 1. The fourth-order valence-corrected chi connectivity index (χ4v) is 3.33. The van der Waals surface area contributed by atoms with Crippen LogP contribution in [-0.4, -0.2) is 77.0 Å². The summed E-state index contributed by atoms with van der Waals surface area (Å²) in [6.45, 7) is 7.15. The molecule has 126 valence electrons. The molecule has 2 rings (SSSR count). The molecule has 1 N–H and O–H groups in total. The van der Waals surface area contributed by atoms with Gasteiger partial charge in [-0.3, -0.25) is 4.79 Å². The Balaban J connectivity index is 1.94. The molecule has 1 fully saturated rings. The first-order valence-corrected chi connectivity index (χ1v) is 8.45. The molecule has 0 radical (unpaired) electrons. The Labute approximate surface area is 139 Å². The monoisotopic (exact) mass is 339 g/mol. The lowest BCUT2D eigenvalue weighted by Gasteiger charge is -2.37. The van der Waals surface area contributed by atoms with Crippen molar-refractivity contribution < 1.29 is 19.5 Å². The number of thiophene rings is 1. The number of hydrogen-bond donors (Lipinski definition) is 1. The predicted molar refractivity (Wildman–Crippen MR) is 87.1 cm³/mol. The number of nitrogens with zero attached hydrogens (tertiary/aromatic N) is 3. The van der Waals surface area contributed by atoms with Gasteiger partial charge in [-0.25, -0.2) is 9.59 Å². The van der Waals surface area contributed by atoms with E-state index in [1.54, 1.807) is 20.8 Å². The number of amides is 3. The summed E-state index contributed by atoms with van der Waals surface area (Å²) >= 11 is 0.982. The smallest absolute Gasteiger partial charge is 0.345 e. The summed E-state index contributed by atoms with van der Waals surface area (Å²) < 4.78 is 0. The first-order valence-electron chi connectivity index (χ1n) is 7.64. The van der Waals surface area contributed by atoms with E-state index < -0.39 is 5.97 Å². The second-order valence-electron chi connectivity index (χ2n) is 5.20. The van der Waals surface area contributed by atoms with Gasteiger partial charge in [0.05, 0.1) is 4.88 Å². The largest absolute Gasteiger partial charge is 0.477 e. The first kappa shape index (κ1) is 17.3.